The number of halogens is 4. The highest BCUT2D eigenvalue weighted by molar-refractivity contribution is 9.09. The number of alkyl halides is 4. The van der Waals surface area contributed by atoms with Gasteiger partial charge >= 0.3 is 6.18 Å². The third-order valence-electron chi connectivity index (χ3n) is 3.29. The number of hydrogen-bond acceptors (Lipinski definition) is 1. The second-order valence-electron chi connectivity index (χ2n) is 4.82. The largest absolute Gasteiger partial charge is 0.391 e. The highest BCUT2D eigenvalue weighted by Gasteiger charge is 2.42. The third-order valence-corrected chi connectivity index (χ3v) is 3.85. The molecule has 0 radical (unpaired) electrons. The van der Waals surface area contributed by atoms with Gasteiger partial charge in [0.1, 0.15) is 0 Å². The van der Waals surface area contributed by atoms with Crippen LogP contribution < -0.4 is 5.32 Å². The zero-order chi connectivity index (χ0) is 13.6. The van der Waals surface area contributed by atoms with E-state index in [1.54, 1.807) is 0 Å². The molecular weight excluding hydrogens is 311 g/mol. The van der Waals surface area contributed by atoms with E-state index in [1.807, 2.05) is 0 Å². The van der Waals surface area contributed by atoms with Crippen molar-refractivity contribution in [3.8, 4) is 0 Å². The molecule has 0 saturated heterocycles. The molecule has 1 aliphatic rings. The Morgan fingerprint density at radius 2 is 2.00 bits per heavy atom. The van der Waals surface area contributed by atoms with Crippen LogP contribution in [0, 0.1) is 5.92 Å². The zero-order valence-electron chi connectivity index (χ0n) is 10.2. The molecule has 1 aliphatic carbocycles. The molecule has 1 fully saturated rings. The molecular formula is C12H19BrF3NO. The van der Waals surface area contributed by atoms with Crippen LogP contribution in [0.4, 0.5) is 13.2 Å². The van der Waals surface area contributed by atoms with E-state index in [1.165, 1.54) is 0 Å². The Hall–Kier alpha value is -0.260. The molecule has 1 rings (SSSR count). The van der Waals surface area contributed by atoms with Crippen LogP contribution in [-0.4, -0.2) is 23.5 Å². The summed E-state index contributed by atoms with van der Waals surface area (Å²) in [5.41, 5.74) is 0. The molecule has 18 heavy (non-hydrogen) atoms. The molecule has 2 nitrogen and oxygen atoms in total. The first-order valence-electron chi connectivity index (χ1n) is 6.35. The standard InChI is InChI=1S/C12H19BrF3NO/c13-7-2-1-6-11(18)17-10-5-3-4-9(8-10)12(14,15)16/h9-10H,1-8H2,(H,17,18). The van der Waals surface area contributed by atoms with Crippen LogP contribution in [0.25, 0.3) is 0 Å². The van der Waals surface area contributed by atoms with Gasteiger partial charge in [-0.15, -0.1) is 0 Å². The Morgan fingerprint density at radius 3 is 2.61 bits per heavy atom. The van der Waals surface area contributed by atoms with Crippen molar-refractivity contribution in [3.63, 3.8) is 0 Å². The molecule has 2 atom stereocenters. The predicted molar refractivity (Wildman–Crippen MR) is 67.6 cm³/mol. The number of hydrogen-bond donors (Lipinski definition) is 1. The van der Waals surface area contributed by atoms with E-state index in [0.29, 0.717) is 19.3 Å². The van der Waals surface area contributed by atoms with Crippen molar-refractivity contribution in [2.24, 2.45) is 5.92 Å². The number of nitrogens with one attached hydrogen (secondary N) is 1. The van der Waals surface area contributed by atoms with Gasteiger partial charge in [-0.1, -0.05) is 22.4 Å². The van der Waals surface area contributed by atoms with Crippen LogP contribution >= 0.6 is 15.9 Å². The van der Waals surface area contributed by atoms with Crippen molar-refractivity contribution in [3.05, 3.63) is 0 Å². The first kappa shape index (κ1) is 15.8. The quantitative estimate of drug-likeness (QED) is 0.603. The summed E-state index contributed by atoms with van der Waals surface area (Å²) in [5, 5.41) is 3.57. The van der Waals surface area contributed by atoms with Crippen molar-refractivity contribution in [1.29, 1.82) is 0 Å². The summed E-state index contributed by atoms with van der Waals surface area (Å²) in [6, 6.07) is -0.304. The van der Waals surface area contributed by atoms with E-state index in [9.17, 15) is 18.0 Å². The van der Waals surface area contributed by atoms with Crippen LogP contribution in [0.15, 0.2) is 0 Å². The van der Waals surface area contributed by atoms with Crippen molar-refractivity contribution in [2.45, 2.75) is 57.2 Å². The summed E-state index contributed by atoms with van der Waals surface area (Å²) in [7, 11) is 0. The molecule has 2 unspecified atom stereocenters. The smallest absolute Gasteiger partial charge is 0.353 e. The summed E-state index contributed by atoms with van der Waals surface area (Å²) in [5.74, 6) is -1.37. The molecule has 6 heteroatoms. The van der Waals surface area contributed by atoms with Gasteiger partial charge in [0.15, 0.2) is 0 Å². The Morgan fingerprint density at radius 1 is 1.28 bits per heavy atom. The van der Waals surface area contributed by atoms with Crippen molar-refractivity contribution >= 4 is 21.8 Å². The number of amides is 1. The minimum atomic E-state index is -4.13. The summed E-state index contributed by atoms with van der Waals surface area (Å²) in [4.78, 5) is 11.5. The zero-order valence-corrected chi connectivity index (χ0v) is 11.8. The number of carbonyl (C=O) groups is 1. The van der Waals surface area contributed by atoms with Crippen molar-refractivity contribution in [1.82, 2.24) is 5.32 Å². The number of rotatable bonds is 5. The van der Waals surface area contributed by atoms with E-state index < -0.39 is 12.1 Å². The van der Waals surface area contributed by atoms with Crippen LogP contribution in [0.1, 0.15) is 44.9 Å². The lowest BCUT2D eigenvalue weighted by Crippen LogP contribution is -2.41. The van der Waals surface area contributed by atoms with E-state index in [4.69, 9.17) is 0 Å². The lowest BCUT2D eigenvalue weighted by atomic mass is 9.85. The highest BCUT2D eigenvalue weighted by Crippen LogP contribution is 2.37. The Bertz CT molecular complexity index is 271. The molecule has 0 aromatic rings. The summed E-state index contributed by atoms with van der Waals surface area (Å²) < 4.78 is 37.7. The predicted octanol–water partition coefficient (Wildman–Crippen LogP) is 3.79. The monoisotopic (exact) mass is 329 g/mol. The Kier molecular flexibility index (Phi) is 6.46. The van der Waals surface area contributed by atoms with E-state index in [0.717, 1.165) is 18.2 Å². The highest BCUT2D eigenvalue weighted by atomic mass is 79.9. The Labute approximate surface area is 114 Å². The molecule has 106 valence electrons. The molecule has 0 aromatic carbocycles. The first-order valence-corrected chi connectivity index (χ1v) is 7.47. The van der Waals surface area contributed by atoms with E-state index in [2.05, 4.69) is 21.2 Å². The van der Waals surface area contributed by atoms with Gasteiger partial charge in [0.25, 0.3) is 0 Å². The van der Waals surface area contributed by atoms with Crippen molar-refractivity contribution in [2.75, 3.05) is 5.33 Å². The lowest BCUT2D eigenvalue weighted by molar-refractivity contribution is -0.184. The van der Waals surface area contributed by atoms with Gasteiger partial charge in [-0.3, -0.25) is 4.79 Å². The van der Waals surface area contributed by atoms with Crippen LogP contribution in [-0.2, 0) is 4.79 Å². The van der Waals surface area contributed by atoms with Gasteiger partial charge in [-0.05, 0) is 32.1 Å². The van der Waals surface area contributed by atoms with E-state index in [-0.39, 0.29) is 24.8 Å². The maximum absolute atomic E-state index is 12.6. The third kappa shape index (κ3) is 5.59. The fourth-order valence-electron chi connectivity index (χ4n) is 2.30. The minimum Gasteiger partial charge on any atom is -0.353 e. The van der Waals surface area contributed by atoms with E-state index >= 15 is 0 Å². The van der Waals surface area contributed by atoms with Gasteiger partial charge in [0.2, 0.25) is 5.91 Å². The minimum absolute atomic E-state index is 0.0354. The van der Waals surface area contributed by atoms with Gasteiger partial charge in [-0.25, -0.2) is 0 Å². The molecule has 0 aromatic heterocycles. The summed E-state index contributed by atoms with van der Waals surface area (Å²) in [6.07, 6.45) is -0.617. The van der Waals surface area contributed by atoms with Crippen LogP contribution in [0.3, 0.4) is 0 Å². The van der Waals surface area contributed by atoms with Crippen LogP contribution in [0.5, 0.6) is 0 Å². The van der Waals surface area contributed by atoms with Gasteiger partial charge in [-0.2, -0.15) is 13.2 Å². The molecule has 0 heterocycles. The average Bonchev–Trinajstić information content (AvgIpc) is 2.28. The summed E-state index contributed by atoms with van der Waals surface area (Å²) in [6.45, 7) is 0. The fraction of sp³-hybridized carbons (Fsp3) is 0.917. The Balaban J connectivity index is 2.31. The van der Waals surface area contributed by atoms with Gasteiger partial charge < -0.3 is 5.32 Å². The first-order chi connectivity index (χ1) is 8.43. The van der Waals surface area contributed by atoms with Crippen molar-refractivity contribution < 1.29 is 18.0 Å². The molecule has 1 amide bonds. The number of unbranched alkanes of at least 4 members (excludes halogenated alkanes) is 1. The second kappa shape index (κ2) is 7.36. The van der Waals surface area contributed by atoms with Gasteiger partial charge in [0.05, 0.1) is 5.92 Å². The fourth-order valence-corrected chi connectivity index (χ4v) is 2.69. The molecule has 1 saturated carbocycles. The topological polar surface area (TPSA) is 29.1 Å². The van der Waals surface area contributed by atoms with Gasteiger partial charge in [0, 0.05) is 17.8 Å². The number of carbonyl (C=O) groups excluding carboxylic acids is 1. The molecule has 0 spiro atoms. The van der Waals surface area contributed by atoms with Crippen LogP contribution in [0.2, 0.25) is 0 Å². The molecule has 0 bridgehead atoms. The maximum Gasteiger partial charge on any atom is 0.391 e. The normalized spacial score (nSPS) is 24.9. The lowest BCUT2D eigenvalue weighted by Gasteiger charge is -2.31. The second-order valence-corrected chi connectivity index (χ2v) is 5.61. The maximum atomic E-state index is 12.6. The molecule has 1 N–H and O–H groups in total. The molecule has 0 aliphatic heterocycles. The SMILES string of the molecule is O=C(CCCCBr)NC1CCCC(C(F)(F)F)C1. The summed E-state index contributed by atoms with van der Waals surface area (Å²) >= 11 is 3.27. The average molecular weight is 330 g/mol.